The molecule has 3 aromatic rings. The minimum atomic E-state index is -4.64. The number of unbranched alkanes of at least 4 members (excludes halogenated alkanes) is 2. The maximum absolute atomic E-state index is 13.4. The highest BCUT2D eigenvalue weighted by Crippen LogP contribution is 2.33. The third kappa shape index (κ3) is 3.79. The van der Waals surface area contributed by atoms with Crippen LogP contribution in [0.25, 0.3) is 22.0 Å². The molecule has 0 N–H and O–H groups in total. The van der Waals surface area contributed by atoms with Gasteiger partial charge in [-0.25, -0.2) is 0 Å². The highest BCUT2D eigenvalue weighted by molar-refractivity contribution is 5.87. The summed E-state index contributed by atoms with van der Waals surface area (Å²) in [6, 6.07) is 13.9. The van der Waals surface area contributed by atoms with Crippen molar-refractivity contribution < 1.29 is 18.0 Å². The summed E-state index contributed by atoms with van der Waals surface area (Å²) in [7, 11) is 0. The van der Waals surface area contributed by atoms with Gasteiger partial charge in [-0.2, -0.15) is 23.0 Å². The number of aromatic nitrogens is 2. The minimum absolute atomic E-state index is 0.0513. The smallest absolute Gasteiger partial charge is 0.273 e. The van der Waals surface area contributed by atoms with Crippen molar-refractivity contribution in [3.8, 4) is 11.3 Å². The molecule has 0 aliphatic carbocycles. The molecular formula is C20H19F3N2O. The fourth-order valence-electron chi connectivity index (χ4n) is 2.89. The molecule has 0 atom stereocenters. The molecule has 0 radical (unpaired) electrons. The Kier molecular flexibility index (Phi) is 5.11. The number of alkyl halides is 3. The van der Waals surface area contributed by atoms with Crippen LogP contribution in [0.4, 0.5) is 13.2 Å². The van der Waals surface area contributed by atoms with E-state index in [2.05, 4.69) is 5.10 Å². The zero-order valence-electron chi connectivity index (χ0n) is 14.4. The largest absolute Gasteiger partial charge is 0.433 e. The maximum Gasteiger partial charge on any atom is 0.433 e. The predicted molar refractivity (Wildman–Crippen MR) is 94.9 cm³/mol. The summed E-state index contributed by atoms with van der Waals surface area (Å²) in [6.45, 7) is 1.97. The van der Waals surface area contributed by atoms with E-state index in [0.29, 0.717) is 16.7 Å². The summed E-state index contributed by atoms with van der Waals surface area (Å²) in [4.78, 5) is 12.2. The quantitative estimate of drug-likeness (QED) is 0.528. The summed E-state index contributed by atoms with van der Waals surface area (Å²) in [6.07, 6.45) is -2.34. The number of benzene rings is 2. The molecule has 0 aliphatic heterocycles. The number of hydrogen-bond acceptors (Lipinski definition) is 2. The normalized spacial score (nSPS) is 11.8. The van der Waals surface area contributed by atoms with Gasteiger partial charge in [-0.1, -0.05) is 56.2 Å². The van der Waals surface area contributed by atoms with E-state index in [4.69, 9.17) is 0 Å². The van der Waals surface area contributed by atoms with Crippen LogP contribution in [0.2, 0.25) is 0 Å². The van der Waals surface area contributed by atoms with Crippen molar-refractivity contribution in [2.24, 2.45) is 0 Å². The molecule has 0 aliphatic rings. The van der Waals surface area contributed by atoms with E-state index in [9.17, 15) is 18.0 Å². The van der Waals surface area contributed by atoms with Gasteiger partial charge < -0.3 is 0 Å². The molecule has 0 saturated heterocycles. The van der Waals surface area contributed by atoms with Crippen LogP contribution < -0.4 is 0 Å². The number of nitrogens with zero attached hydrogens (tertiary/aromatic N) is 2. The van der Waals surface area contributed by atoms with E-state index in [1.54, 1.807) is 12.1 Å². The van der Waals surface area contributed by atoms with Crippen molar-refractivity contribution in [3.05, 3.63) is 54.2 Å². The summed E-state index contributed by atoms with van der Waals surface area (Å²) < 4.78 is 40.6. The van der Waals surface area contributed by atoms with Crippen molar-refractivity contribution in [2.75, 3.05) is 0 Å². The van der Waals surface area contributed by atoms with Gasteiger partial charge in [-0.3, -0.25) is 4.79 Å². The Morgan fingerprint density at radius 3 is 2.46 bits per heavy atom. The summed E-state index contributed by atoms with van der Waals surface area (Å²) in [5.74, 6) is -0.627. The molecule has 3 nitrogen and oxygen atoms in total. The lowest BCUT2D eigenvalue weighted by Crippen LogP contribution is -2.21. The number of rotatable bonds is 5. The van der Waals surface area contributed by atoms with E-state index in [0.717, 1.165) is 29.7 Å². The van der Waals surface area contributed by atoms with Gasteiger partial charge in [-0.15, -0.1) is 0 Å². The van der Waals surface area contributed by atoms with E-state index < -0.39 is 17.8 Å². The summed E-state index contributed by atoms with van der Waals surface area (Å²) in [5, 5.41) is 5.87. The zero-order valence-corrected chi connectivity index (χ0v) is 14.4. The van der Waals surface area contributed by atoms with Crippen LogP contribution in [-0.2, 0) is 6.18 Å². The van der Waals surface area contributed by atoms with Gasteiger partial charge in [0.1, 0.15) is 0 Å². The minimum Gasteiger partial charge on any atom is -0.273 e. The highest BCUT2D eigenvalue weighted by atomic mass is 19.4. The molecule has 0 saturated carbocycles. The predicted octanol–water partition coefficient (Wildman–Crippen LogP) is 5.94. The third-order valence-corrected chi connectivity index (χ3v) is 4.28. The second kappa shape index (κ2) is 7.32. The fraction of sp³-hybridized carbons (Fsp3) is 0.300. The van der Waals surface area contributed by atoms with Gasteiger partial charge in [0.2, 0.25) is 5.91 Å². The Morgan fingerprint density at radius 2 is 1.77 bits per heavy atom. The first-order chi connectivity index (χ1) is 12.4. The molecule has 3 rings (SSSR count). The van der Waals surface area contributed by atoms with Crippen LogP contribution >= 0.6 is 0 Å². The lowest BCUT2D eigenvalue weighted by Gasteiger charge is -2.08. The van der Waals surface area contributed by atoms with E-state index in [1.807, 2.05) is 37.3 Å². The maximum atomic E-state index is 13.4. The van der Waals surface area contributed by atoms with E-state index in [-0.39, 0.29) is 12.1 Å². The monoisotopic (exact) mass is 360 g/mol. The van der Waals surface area contributed by atoms with Crippen LogP contribution in [0.1, 0.15) is 43.1 Å². The second-order valence-electron chi connectivity index (χ2n) is 6.24. The molecular weight excluding hydrogens is 341 g/mol. The number of carbonyl (C=O) groups is 1. The Hall–Kier alpha value is -2.63. The van der Waals surface area contributed by atoms with Crippen LogP contribution in [0, 0.1) is 0 Å². The van der Waals surface area contributed by atoms with Gasteiger partial charge in [0.15, 0.2) is 5.69 Å². The molecule has 1 heterocycles. The lowest BCUT2D eigenvalue weighted by molar-refractivity contribution is -0.143. The number of carbonyl (C=O) groups excluding carboxylic acids is 1. The van der Waals surface area contributed by atoms with E-state index in [1.165, 1.54) is 0 Å². The molecule has 6 heteroatoms. The topological polar surface area (TPSA) is 34.9 Å². The first kappa shape index (κ1) is 18.2. The van der Waals surface area contributed by atoms with Crippen molar-refractivity contribution >= 4 is 16.7 Å². The standard InChI is InChI=1S/C20H19F3N2O/c1-2-3-4-9-19(26)25-18(20(21,22)23)13-17(24-25)16-11-10-14-7-5-6-8-15(14)12-16/h5-8,10-13H,2-4,9H2,1H3. The first-order valence-electron chi connectivity index (χ1n) is 8.60. The molecule has 0 amide bonds. The van der Waals surface area contributed by atoms with Crippen molar-refractivity contribution in [1.29, 1.82) is 0 Å². The zero-order chi connectivity index (χ0) is 18.7. The van der Waals surface area contributed by atoms with Crippen molar-refractivity contribution in [1.82, 2.24) is 9.78 Å². The molecule has 136 valence electrons. The van der Waals surface area contributed by atoms with Crippen LogP contribution in [0.5, 0.6) is 0 Å². The Morgan fingerprint density at radius 1 is 1.04 bits per heavy atom. The van der Waals surface area contributed by atoms with Gasteiger partial charge >= 0.3 is 6.18 Å². The highest BCUT2D eigenvalue weighted by Gasteiger charge is 2.37. The molecule has 0 unspecified atom stereocenters. The Balaban J connectivity index is 2.00. The van der Waals surface area contributed by atoms with Gasteiger partial charge in [0.25, 0.3) is 0 Å². The van der Waals surface area contributed by atoms with Crippen molar-refractivity contribution in [3.63, 3.8) is 0 Å². The van der Waals surface area contributed by atoms with Gasteiger partial charge in [-0.05, 0) is 29.3 Å². The molecule has 0 spiro atoms. The first-order valence-corrected chi connectivity index (χ1v) is 8.60. The number of hydrogen-bond donors (Lipinski definition) is 0. The summed E-state index contributed by atoms with van der Waals surface area (Å²) in [5.41, 5.74) is -0.330. The average Bonchev–Trinajstić information content (AvgIpc) is 3.07. The lowest BCUT2D eigenvalue weighted by atomic mass is 10.1. The molecule has 0 fully saturated rings. The summed E-state index contributed by atoms with van der Waals surface area (Å²) >= 11 is 0. The van der Waals surface area contributed by atoms with Gasteiger partial charge in [0.05, 0.1) is 5.69 Å². The second-order valence-corrected chi connectivity index (χ2v) is 6.24. The molecule has 26 heavy (non-hydrogen) atoms. The third-order valence-electron chi connectivity index (χ3n) is 4.28. The molecule has 2 aromatic carbocycles. The van der Waals surface area contributed by atoms with E-state index >= 15 is 0 Å². The van der Waals surface area contributed by atoms with Gasteiger partial charge in [0, 0.05) is 12.0 Å². The molecule has 0 bridgehead atoms. The average molecular weight is 360 g/mol. The van der Waals surface area contributed by atoms with Crippen LogP contribution in [-0.4, -0.2) is 15.7 Å². The number of fused-ring (bicyclic) bond motifs is 1. The van der Waals surface area contributed by atoms with Crippen LogP contribution in [0.15, 0.2) is 48.5 Å². The molecule has 1 aromatic heterocycles. The Labute approximate surface area is 149 Å². The van der Waals surface area contributed by atoms with Crippen molar-refractivity contribution in [2.45, 2.75) is 38.8 Å². The SMILES string of the molecule is CCCCCC(=O)n1nc(-c2ccc3ccccc3c2)cc1C(F)(F)F. The van der Waals surface area contributed by atoms with Crippen LogP contribution in [0.3, 0.4) is 0 Å². The fourth-order valence-corrected chi connectivity index (χ4v) is 2.89. The number of halogens is 3. The Bertz CT molecular complexity index is 928.